The second-order valence-corrected chi connectivity index (χ2v) is 5.45. The van der Waals surface area contributed by atoms with Crippen LogP contribution in [0.15, 0.2) is 22.7 Å². The molecule has 1 aliphatic rings. The van der Waals surface area contributed by atoms with Crippen molar-refractivity contribution in [2.24, 2.45) is 0 Å². The van der Waals surface area contributed by atoms with E-state index in [9.17, 15) is 0 Å². The number of hydrogen-bond acceptors (Lipinski definition) is 2. The van der Waals surface area contributed by atoms with Gasteiger partial charge < -0.3 is 10.2 Å². The number of piperidine rings is 1. The highest BCUT2D eigenvalue weighted by Gasteiger charge is 2.18. The first-order chi connectivity index (χ1) is 7.69. The van der Waals surface area contributed by atoms with Crippen LogP contribution in [0.25, 0.3) is 0 Å². The van der Waals surface area contributed by atoms with Crippen LogP contribution in [0.3, 0.4) is 0 Å². The Kier molecular flexibility index (Phi) is 3.87. The number of nitrogens with one attached hydrogen (secondary N) is 1. The number of anilines is 1. The molecule has 1 N–H and O–H groups in total. The molecule has 1 heterocycles. The van der Waals surface area contributed by atoms with Crippen molar-refractivity contribution in [3.8, 4) is 0 Å². The Morgan fingerprint density at radius 3 is 2.50 bits per heavy atom. The molecule has 0 bridgehead atoms. The lowest BCUT2D eigenvalue weighted by atomic mass is 10.0. The maximum Gasteiger partial charge on any atom is 0.0380 e. The average molecular weight is 283 g/mol. The fourth-order valence-electron chi connectivity index (χ4n) is 2.33. The number of nitrogens with zero attached hydrogens (tertiary/aromatic N) is 1. The largest absolute Gasteiger partial charge is 0.371 e. The van der Waals surface area contributed by atoms with E-state index in [1.165, 1.54) is 28.6 Å². The molecule has 0 saturated carbocycles. The summed E-state index contributed by atoms with van der Waals surface area (Å²) >= 11 is 3.57. The van der Waals surface area contributed by atoms with Crippen molar-refractivity contribution in [2.75, 3.05) is 25.0 Å². The van der Waals surface area contributed by atoms with Gasteiger partial charge in [0.15, 0.2) is 0 Å². The van der Waals surface area contributed by atoms with Crippen molar-refractivity contribution in [3.05, 3.63) is 28.2 Å². The third-order valence-electron chi connectivity index (χ3n) is 3.30. The molecule has 0 unspecified atom stereocenters. The van der Waals surface area contributed by atoms with E-state index in [2.05, 4.69) is 58.3 Å². The van der Waals surface area contributed by atoms with Gasteiger partial charge in [-0.15, -0.1) is 0 Å². The van der Waals surface area contributed by atoms with Crippen LogP contribution >= 0.6 is 15.9 Å². The van der Waals surface area contributed by atoms with Crippen molar-refractivity contribution >= 4 is 21.6 Å². The predicted octanol–water partition coefficient (Wildman–Crippen LogP) is 2.95. The fourth-order valence-corrected chi connectivity index (χ4v) is 2.92. The molecular formula is C13H19BrN2. The van der Waals surface area contributed by atoms with Crippen molar-refractivity contribution < 1.29 is 0 Å². The minimum Gasteiger partial charge on any atom is -0.371 e. The molecule has 0 spiro atoms. The van der Waals surface area contributed by atoms with Crippen LogP contribution < -0.4 is 10.2 Å². The summed E-state index contributed by atoms with van der Waals surface area (Å²) < 4.78 is 1.18. The topological polar surface area (TPSA) is 15.3 Å². The highest BCUT2D eigenvalue weighted by Crippen LogP contribution is 2.25. The van der Waals surface area contributed by atoms with Gasteiger partial charge in [0.2, 0.25) is 0 Å². The molecule has 1 saturated heterocycles. The number of aryl methyl sites for hydroxylation is 1. The molecule has 1 aromatic rings. The number of benzene rings is 1. The summed E-state index contributed by atoms with van der Waals surface area (Å²) in [6.07, 6.45) is 2.48. The van der Waals surface area contributed by atoms with Gasteiger partial charge >= 0.3 is 0 Å². The number of halogens is 1. The SMILES string of the molecule is CNC1CCN(c2cc(C)cc(Br)c2)CC1. The Labute approximate surface area is 106 Å². The van der Waals surface area contributed by atoms with E-state index >= 15 is 0 Å². The fraction of sp³-hybridized carbons (Fsp3) is 0.538. The molecule has 0 aliphatic carbocycles. The Hall–Kier alpha value is -0.540. The lowest BCUT2D eigenvalue weighted by Crippen LogP contribution is -2.41. The minimum absolute atomic E-state index is 0.699. The highest BCUT2D eigenvalue weighted by molar-refractivity contribution is 9.10. The standard InChI is InChI=1S/C13H19BrN2/c1-10-7-11(14)9-13(8-10)16-5-3-12(15-2)4-6-16/h7-9,12,15H,3-6H2,1-2H3. The summed E-state index contributed by atoms with van der Waals surface area (Å²) in [5.74, 6) is 0. The summed E-state index contributed by atoms with van der Waals surface area (Å²) in [6.45, 7) is 4.46. The average Bonchev–Trinajstić information content (AvgIpc) is 2.28. The van der Waals surface area contributed by atoms with Crippen LogP contribution in [0.5, 0.6) is 0 Å². The lowest BCUT2D eigenvalue weighted by Gasteiger charge is -2.33. The lowest BCUT2D eigenvalue weighted by molar-refractivity contribution is 0.442. The molecule has 2 nitrogen and oxygen atoms in total. The van der Waals surface area contributed by atoms with Gasteiger partial charge in [-0.2, -0.15) is 0 Å². The van der Waals surface area contributed by atoms with E-state index in [0.29, 0.717) is 6.04 Å². The van der Waals surface area contributed by atoms with E-state index in [-0.39, 0.29) is 0 Å². The van der Waals surface area contributed by atoms with E-state index < -0.39 is 0 Å². The molecule has 0 amide bonds. The van der Waals surface area contributed by atoms with Gasteiger partial charge in [-0.25, -0.2) is 0 Å². The van der Waals surface area contributed by atoms with E-state index in [1.54, 1.807) is 0 Å². The quantitative estimate of drug-likeness (QED) is 0.897. The molecule has 2 rings (SSSR count). The molecule has 0 aromatic heterocycles. The normalized spacial score (nSPS) is 17.8. The van der Waals surface area contributed by atoms with E-state index in [1.807, 2.05) is 0 Å². The summed E-state index contributed by atoms with van der Waals surface area (Å²) in [4.78, 5) is 2.48. The second-order valence-electron chi connectivity index (χ2n) is 4.54. The maximum atomic E-state index is 3.57. The molecule has 1 fully saturated rings. The van der Waals surface area contributed by atoms with E-state index in [4.69, 9.17) is 0 Å². The molecule has 3 heteroatoms. The van der Waals surface area contributed by atoms with Gasteiger partial charge in [0.05, 0.1) is 0 Å². The van der Waals surface area contributed by atoms with Crippen LogP contribution in [0.4, 0.5) is 5.69 Å². The third kappa shape index (κ3) is 2.77. The smallest absolute Gasteiger partial charge is 0.0380 e. The summed E-state index contributed by atoms with van der Waals surface area (Å²) in [5, 5.41) is 3.36. The zero-order valence-corrected chi connectivity index (χ0v) is 11.5. The molecule has 1 aliphatic heterocycles. The third-order valence-corrected chi connectivity index (χ3v) is 3.75. The van der Waals surface area contributed by atoms with Crippen molar-refractivity contribution in [1.29, 1.82) is 0 Å². The minimum atomic E-state index is 0.699. The Balaban J connectivity index is 2.08. The number of hydrogen-bond donors (Lipinski definition) is 1. The predicted molar refractivity (Wildman–Crippen MR) is 73.2 cm³/mol. The summed E-state index contributed by atoms with van der Waals surface area (Å²) in [5.41, 5.74) is 2.67. The van der Waals surface area contributed by atoms with Crippen molar-refractivity contribution in [3.63, 3.8) is 0 Å². The Bertz CT molecular complexity index is 337. The Morgan fingerprint density at radius 1 is 1.25 bits per heavy atom. The van der Waals surface area contributed by atoms with Crippen LogP contribution in [-0.2, 0) is 0 Å². The molecule has 88 valence electrons. The number of rotatable bonds is 2. The van der Waals surface area contributed by atoms with Gasteiger partial charge in [-0.05, 0) is 50.6 Å². The van der Waals surface area contributed by atoms with Gasteiger partial charge in [-0.3, -0.25) is 0 Å². The first-order valence-corrected chi connectivity index (χ1v) is 6.68. The second kappa shape index (κ2) is 5.19. The van der Waals surface area contributed by atoms with Crippen molar-refractivity contribution in [1.82, 2.24) is 5.32 Å². The summed E-state index contributed by atoms with van der Waals surface area (Å²) in [6, 6.07) is 7.34. The zero-order valence-electron chi connectivity index (χ0n) is 9.96. The van der Waals surface area contributed by atoms with Crippen LogP contribution in [-0.4, -0.2) is 26.2 Å². The molecular weight excluding hydrogens is 264 g/mol. The molecule has 0 atom stereocenters. The zero-order chi connectivity index (χ0) is 11.5. The Morgan fingerprint density at radius 2 is 1.94 bits per heavy atom. The van der Waals surface area contributed by atoms with Gasteiger partial charge in [-0.1, -0.05) is 15.9 Å². The maximum absolute atomic E-state index is 3.57. The van der Waals surface area contributed by atoms with E-state index in [0.717, 1.165) is 13.1 Å². The highest BCUT2D eigenvalue weighted by atomic mass is 79.9. The molecule has 0 radical (unpaired) electrons. The first kappa shape index (κ1) is 11.9. The van der Waals surface area contributed by atoms with Gasteiger partial charge in [0, 0.05) is 29.3 Å². The monoisotopic (exact) mass is 282 g/mol. The van der Waals surface area contributed by atoms with Crippen LogP contribution in [0.1, 0.15) is 18.4 Å². The first-order valence-electron chi connectivity index (χ1n) is 5.88. The van der Waals surface area contributed by atoms with Gasteiger partial charge in [0.25, 0.3) is 0 Å². The van der Waals surface area contributed by atoms with Crippen LogP contribution in [0.2, 0.25) is 0 Å². The van der Waals surface area contributed by atoms with Crippen LogP contribution in [0, 0.1) is 6.92 Å². The van der Waals surface area contributed by atoms with Crippen molar-refractivity contribution in [2.45, 2.75) is 25.8 Å². The summed E-state index contributed by atoms with van der Waals surface area (Å²) in [7, 11) is 2.06. The molecule has 1 aromatic carbocycles. The van der Waals surface area contributed by atoms with Gasteiger partial charge in [0.1, 0.15) is 0 Å². The molecule has 16 heavy (non-hydrogen) atoms.